The Balaban J connectivity index is 1.97. The minimum absolute atomic E-state index is 0.110. The number of para-hydroxylation sites is 1. The van der Waals surface area contributed by atoms with E-state index in [4.69, 9.17) is 0 Å². The number of carbonyl (C=O) groups is 2. The topological polar surface area (TPSA) is 116 Å². The second-order valence-electron chi connectivity index (χ2n) is 7.86. The third kappa shape index (κ3) is 7.02. The zero-order valence-electron chi connectivity index (χ0n) is 19.1. The van der Waals surface area contributed by atoms with Gasteiger partial charge in [-0.05, 0) is 29.7 Å². The summed E-state index contributed by atoms with van der Waals surface area (Å²) in [6.07, 6.45) is 4.63. The number of allylic oxidation sites excluding steroid dienone is 1. The van der Waals surface area contributed by atoms with Crippen molar-refractivity contribution < 1.29 is 23.2 Å². The van der Waals surface area contributed by atoms with Gasteiger partial charge in [-0.2, -0.15) is 4.41 Å². The van der Waals surface area contributed by atoms with Crippen LogP contribution >= 0.6 is 0 Å². The van der Waals surface area contributed by atoms with E-state index in [1.807, 2.05) is 36.4 Å². The van der Waals surface area contributed by atoms with Crippen LogP contribution in [0.15, 0.2) is 97.1 Å². The number of hydrogen-bond donors (Lipinski definition) is 3. The summed E-state index contributed by atoms with van der Waals surface area (Å²) < 4.78 is 25.8. The summed E-state index contributed by atoms with van der Waals surface area (Å²) in [5.74, 6) is -3.61. The molecular formula is C26H27N3O5S. The zero-order valence-corrected chi connectivity index (χ0v) is 19.9. The number of hydrogen-bond acceptors (Lipinski definition) is 5. The minimum atomic E-state index is -3.90. The maximum Gasteiger partial charge on any atom is 0.249 e. The summed E-state index contributed by atoms with van der Waals surface area (Å²) >= 11 is 0. The van der Waals surface area contributed by atoms with Gasteiger partial charge in [-0.25, -0.2) is 13.9 Å². The highest BCUT2D eigenvalue weighted by Crippen LogP contribution is 2.29. The first-order chi connectivity index (χ1) is 16.8. The SMILES string of the molecule is CS(=O)(=O)N(NC(=O)C(c1ccccc1)C(CC=Cc1ccccc1)C(=O)NO)c1ccccc1. The standard InChI is InChI=1S/C26H27N3O5S/c1-35(33,34)29(22-17-9-4-10-18-22)27-26(31)24(21-15-7-3-8-16-21)23(25(30)28-32)19-11-14-20-12-5-2-6-13-20/h2-18,23-24,32H,19H2,1H3,(H,27,31)(H,28,30). The summed E-state index contributed by atoms with van der Waals surface area (Å²) in [7, 11) is -3.90. The number of carbonyl (C=O) groups excluding carboxylic acids is 2. The maximum atomic E-state index is 13.6. The van der Waals surface area contributed by atoms with Crippen molar-refractivity contribution in [2.75, 3.05) is 10.7 Å². The molecule has 0 aromatic heterocycles. The van der Waals surface area contributed by atoms with E-state index < -0.39 is 33.7 Å². The first kappa shape index (κ1) is 25.7. The molecule has 3 N–H and O–H groups in total. The molecule has 2 amide bonds. The largest absolute Gasteiger partial charge is 0.289 e. The van der Waals surface area contributed by atoms with Gasteiger partial charge in [0.25, 0.3) is 0 Å². The molecule has 2 atom stereocenters. The smallest absolute Gasteiger partial charge is 0.249 e. The number of amides is 2. The van der Waals surface area contributed by atoms with E-state index in [2.05, 4.69) is 5.43 Å². The van der Waals surface area contributed by atoms with Gasteiger partial charge in [-0.1, -0.05) is 91.0 Å². The van der Waals surface area contributed by atoms with Crippen LogP contribution in [0.2, 0.25) is 0 Å². The number of anilines is 1. The average molecular weight is 494 g/mol. The lowest BCUT2D eigenvalue weighted by molar-refractivity contribution is -0.137. The number of nitrogens with zero attached hydrogens (tertiary/aromatic N) is 1. The first-order valence-electron chi connectivity index (χ1n) is 10.9. The van der Waals surface area contributed by atoms with E-state index >= 15 is 0 Å². The molecule has 8 nitrogen and oxygen atoms in total. The third-order valence-electron chi connectivity index (χ3n) is 5.32. The van der Waals surface area contributed by atoms with Crippen molar-refractivity contribution in [1.82, 2.24) is 10.9 Å². The molecule has 0 aliphatic heterocycles. The number of hydrazine groups is 1. The zero-order chi connectivity index (χ0) is 25.3. The Kier molecular flexibility index (Phi) is 8.77. The van der Waals surface area contributed by atoms with Crippen molar-refractivity contribution in [2.45, 2.75) is 12.3 Å². The molecule has 182 valence electrons. The van der Waals surface area contributed by atoms with Gasteiger partial charge >= 0.3 is 0 Å². The summed E-state index contributed by atoms with van der Waals surface area (Å²) in [6, 6.07) is 26.1. The fourth-order valence-corrected chi connectivity index (χ4v) is 4.45. The molecule has 0 aliphatic rings. The second-order valence-corrected chi connectivity index (χ2v) is 9.69. The van der Waals surface area contributed by atoms with E-state index in [-0.39, 0.29) is 12.1 Å². The lowest BCUT2D eigenvalue weighted by atomic mass is 9.82. The maximum absolute atomic E-state index is 13.6. The predicted octanol–water partition coefficient (Wildman–Crippen LogP) is 3.49. The molecule has 0 heterocycles. The van der Waals surface area contributed by atoms with E-state index in [1.165, 1.54) is 0 Å². The van der Waals surface area contributed by atoms with Gasteiger partial charge < -0.3 is 0 Å². The Labute approximate surface area is 204 Å². The van der Waals surface area contributed by atoms with Gasteiger partial charge in [-0.3, -0.25) is 20.2 Å². The molecule has 35 heavy (non-hydrogen) atoms. The molecule has 0 bridgehead atoms. The van der Waals surface area contributed by atoms with Crippen LogP contribution in [0.5, 0.6) is 0 Å². The van der Waals surface area contributed by atoms with E-state index in [0.29, 0.717) is 5.56 Å². The van der Waals surface area contributed by atoms with Gasteiger partial charge in [0.2, 0.25) is 21.8 Å². The molecule has 2 unspecified atom stereocenters. The van der Waals surface area contributed by atoms with Gasteiger partial charge in [0.05, 0.1) is 23.8 Å². The highest BCUT2D eigenvalue weighted by Gasteiger charge is 2.36. The fraction of sp³-hybridized carbons (Fsp3) is 0.154. The highest BCUT2D eigenvalue weighted by atomic mass is 32.2. The molecule has 0 aliphatic carbocycles. The number of nitrogens with one attached hydrogen (secondary N) is 2. The molecule has 3 aromatic carbocycles. The normalized spacial score (nSPS) is 13.1. The molecule has 3 aromatic rings. The number of benzene rings is 3. The van der Waals surface area contributed by atoms with E-state index in [0.717, 1.165) is 16.2 Å². The second kappa shape index (κ2) is 12.0. The van der Waals surface area contributed by atoms with Gasteiger partial charge in [-0.15, -0.1) is 0 Å². The van der Waals surface area contributed by atoms with Crippen LogP contribution in [-0.4, -0.2) is 31.7 Å². The van der Waals surface area contributed by atoms with Crippen LogP contribution in [0.4, 0.5) is 5.69 Å². The number of rotatable bonds is 10. The lowest BCUT2D eigenvalue weighted by Gasteiger charge is -2.29. The fourth-order valence-electron chi connectivity index (χ4n) is 3.69. The van der Waals surface area contributed by atoms with E-state index in [1.54, 1.807) is 72.2 Å². The Hall–Kier alpha value is -3.95. The molecule has 3 rings (SSSR count). The van der Waals surface area contributed by atoms with Crippen molar-refractivity contribution >= 4 is 33.6 Å². The van der Waals surface area contributed by atoms with Crippen LogP contribution < -0.4 is 15.3 Å². The quantitative estimate of drug-likeness (QED) is 0.295. The number of sulfonamides is 1. The first-order valence-corrected chi connectivity index (χ1v) is 12.7. The van der Waals surface area contributed by atoms with Crippen LogP contribution in [0.3, 0.4) is 0 Å². The highest BCUT2D eigenvalue weighted by molar-refractivity contribution is 7.92. The molecule has 0 fully saturated rings. The number of hydroxylamine groups is 1. The van der Waals surface area contributed by atoms with Gasteiger partial charge in [0, 0.05) is 0 Å². The molecule has 0 radical (unpaired) electrons. The minimum Gasteiger partial charge on any atom is -0.289 e. The Morgan fingerprint density at radius 1 is 0.886 bits per heavy atom. The molecule has 0 saturated heterocycles. The third-order valence-corrected chi connectivity index (χ3v) is 6.29. The Morgan fingerprint density at radius 2 is 1.43 bits per heavy atom. The van der Waals surface area contributed by atoms with Gasteiger partial charge in [0.1, 0.15) is 0 Å². The lowest BCUT2D eigenvalue weighted by Crippen LogP contribution is -2.50. The summed E-state index contributed by atoms with van der Waals surface area (Å²) in [5.41, 5.74) is 5.75. The van der Waals surface area contributed by atoms with Crippen molar-refractivity contribution in [1.29, 1.82) is 0 Å². The van der Waals surface area contributed by atoms with Crippen molar-refractivity contribution in [3.8, 4) is 0 Å². The van der Waals surface area contributed by atoms with Crippen LogP contribution in [0.25, 0.3) is 6.08 Å². The van der Waals surface area contributed by atoms with Crippen molar-refractivity contribution in [2.24, 2.45) is 5.92 Å². The molecule has 0 spiro atoms. The van der Waals surface area contributed by atoms with Crippen LogP contribution in [0, 0.1) is 5.92 Å². The van der Waals surface area contributed by atoms with Crippen molar-refractivity contribution in [3.05, 3.63) is 108 Å². The summed E-state index contributed by atoms with van der Waals surface area (Å²) in [6.45, 7) is 0. The van der Waals surface area contributed by atoms with Crippen LogP contribution in [0.1, 0.15) is 23.5 Å². The van der Waals surface area contributed by atoms with Crippen molar-refractivity contribution in [3.63, 3.8) is 0 Å². The monoisotopic (exact) mass is 493 g/mol. The molecule has 9 heteroatoms. The Bertz CT molecular complexity index is 1250. The molecule has 0 saturated carbocycles. The summed E-state index contributed by atoms with van der Waals surface area (Å²) in [5, 5.41) is 9.43. The van der Waals surface area contributed by atoms with E-state index in [9.17, 15) is 23.2 Å². The average Bonchev–Trinajstić information content (AvgIpc) is 2.87. The summed E-state index contributed by atoms with van der Waals surface area (Å²) in [4.78, 5) is 26.3. The molecular weight excluding hydrogens is 466 g/mol. The van der Waals surface area contributed by atoms with Crippen LogP contribution in [-0.2, 0) is 19.6 Å². The predicted molar refractivity (Wildman–Crippen MR) is 135 cm³/mol. The Morgan fingerprint density at radius 3 is 1.97 bits per heavy atom. The van der Waals surface area contributed by atoms with Gasteiger partial charge in [0.15, 0.2) is 0 Å².